The van der Waals surface area contributed by atoms with Crippen molar-refractivity contribution < 1.29 is 9.53 Å². The molecular formula is C13H14N2O2. The third kappa shape index (κ3) is 1.65. The quantitative estimate of drug-likeness (QED) is 0.853. The Bertz CT molecular complexity index is 574. The third-order valence-electron chi connectivity index (χ3n) is 3.28. The van der Waals surface area contributed by atoms with E-state index in [0.717, 1.165) is 16.7 Å². The van der Waals surface area contributed by atoms with Crippen LogP contribution in [0.2, 0.25) is 0 Å². The molecule has 1 atom stereocenters. The Morgan fingerprint density at radius 1 is 1.41 bits per heavy atom. The lowest BCUT2D eigenvalue weighted by molar-refractivity contribution is -0.119. The van der Waals surface area contributed by atoms with Crippen LogP contribution in [0.25, 0.3) is 10.9 Å². The summed E-state index contributed by atoms with van der Waals surface area (Å²) >= 11 is 0. The number of carbonyl (C=O) groups is 1. The summed E-state index contributed by atoms with van der Waals surface area (Å²) in [6.07, 6.45) is 2.60. The highest BCUT2D eigenvalue weighted by atomic mass is 16.5. The van der Waals surface area contributed by atoms with Gasteiger partial charge in [0.25, 0.3) is 0 Å². The molecule has 1 fully saturated rings. The number of fused-ring (bicyclic) bond motifs is 1. The van der Waals surface area contributed by atoms with E-state index >= 15 is 0 Å². The first-order valence-corrected chi connectivity index (χ1v) is 5.69. The van der Waals surface area contributed by atoms with Crippen LogP contribution < -0.4 is 10.1 Å². The summed E-state index contributed by atoms with van der Waals surface area (Å²) in [6.45, 7) is 0.717. The Hall–Kier alpha value is -1.97. The molecule has 4 nitrogen and oxygen atoms in total. The van der Waals surface area contributed by atoms with E-state index in [1.807, 2.05) is 24.4 Å². The Morgan fingerprint density at radius 3 is 3.00 bits per heavy atom. The van der Waals surface area contributed by atoms with Crippen molar-refractivity contribution in [2.75, 3.05) is 13.7 Å². The monoisotopic (exact) mass is 230 g/mol. The topological polar surface area (TPSA) is 43.3 Å². The van der Waals surface area contributed by atoms with E-state index in [0.29, 0.717) is 13.0 Å². The zero-order valence-electron chi connectivity index (χ0n) is 9.64. The van der Waals surface area contributed by atoms with Crippen LogP contribution >= 0.6 is 0 Å². The molecule has 1 saturated heterocycles. The fourth-order valence-corrected chi connectivity index (χ4v) is 2.37. The van der Waals surface area contributed by atoms with Gasteiger partial charge in [0, 0.05) is 30.1 Å². The molecule has 0 spiro atoms. The molecule has 17 heavy (non-hydrogen) atoms. The normalized spacial score (nSPS) is 19.6. The van der Waals surface area contributed by atoms with Gasteiger partial charge in [0.2, 0.25) is 5.91 Å². The zero-order chi connectivity index (χ0) is 11.8. The second kappa shape index (κ2) is 3.80. The number of hydrogen-bond donors (Lipinski definition) is 1. The number of aromatic nitrogens is 1. The van der Waals surface area contributed by atoms with Crippen LogP contribution in [0.4, 0.5) is 0 Å². The molecule has 1 unspecified atom stereocenters. The second-order valence-corrected chi connectivity index (χ2v) is 4.31. The van der Waals surface area contributed by atoms with Gasteiger partial charge in [-0.25, -0.2) is 0 Å². The maximum atomic E-state index is 11.2. The lowest BCUT2D eigenvalue weighted by atomic mass is 10.2. The molecule has 1 aromatic carbocycles. The molecule has 0 radical (unpaired) electrons. The van der Waals surface area contributed by atoms with Crippen LogP contribution in [0, 0.1) is 0 Å². The summed E-state index contributed by atoms with van der Waals surface area (Å²) in [5.41, 5.74) is 1.15. The first-order chi connectivity index (χ1) is 8.28. The summed E-state index contributed by atoms with van der Waals surface area (Å²) in [5, 5.41) is 4.00. The SMILES string of the molecule is COc1ccc2c(ccn2C2CNC(=O)C2)c1. The maximum Gasteiger partial charge on any atom is 0.222 e. The molecular weight excluding hydrogens is 216 g/mol. The smallest absolute Gasteiger partial charge is 0.222 e. The molecule has 2 heterocycles. The van der Waals surface area contributed by atoms with Gasteiger partial charge in [-0.2, -0.15) is 0 Å². The predicted octanol–water partition coefficient (Wildman–Crippen LogP) is 1.71. The Kier molecular flexibility index (Phi) is 2.28. The predicted molar refractivity (Wildman–Crippen MR) is 65.2 cm³/mol. The van der Waals surface area contributed by atoms with E-state index in [2.05, 4.69) is 16.0 Å². The average Bonchev–Trinajstić information content (AvgIpc) is 2.93. The van der Waals surface area contributed by atoms with Gasteiger partial charge in [-0.1, -0.05) is 0 Å². The van der Waals surface area contributed by atoms with Crippen molar-refractivity contribution in [3.8, 4) is 5.75 Å². The van der Waals surface area contributed by atoms with Crippen molar-refractivity contribution in [1.29, 1.82) is 0 Å². The number of methoxy groups -OCH3 is 1. The summed E-state index contributed by atoms with van der Waals surface area (Å²) < 4.78 is 7.36. The van der Waals surface area contributed by atoms with Crippen LogP contribution in [0.1, 0.15) is 12.5 Å². The Morgan fingerprint density at radius 2 is 2.29 bits per heavy atom. The number of benzene rings is 1. The van der Waals surface area contributed by atoms with Gasteiger partial charge in [-0.15, -0.1) is 0 Å². The molecule has 0 aliphatic carbocycles. The highest BCUT2D eigenvalue weighted by molar-refractivity contribution is 5.83. The Labute approximate surface area is 99.2 Å². The number of carbonyl (C=O) groups excluding carboxylic acids is 1. The fourth-order valence-electron chi connectivity index (χ4n) is 2.37. The van der Waals surface area contributed by atoms with Crippen LogP contribution in [-0.4, -0.2) is 24.1 Å². The lowest BCUT2D eigenvalue weighted by Crippen LogP contribution is -2.15. The van der Waals surface area contributed by atoms with Gasteiger partial charge < -0.3 is 14.6 Å². The average molecular weight is 230 g/mol. The van der Waals surface area contributed by atoms with Gasteiger partial charge in [-0.3, -0.25) is 4.79 Å². The minimum Gasteiger partial charge on any atom is -0.497 e. The van der Waals surface area contributed by atoms with Gasteiger partial charge in [0.1, 0.15) is 5.75 Å². The van der Waals surface area contributed by atoms with E-state index in [1.54, 1.807) is 7.11 Å². The number of nitrogens with zero attached hydrogens (tertiary/aromatic N) is 1. The minimum atomic E-state index is 0.130. The standard InChI is InChI=1S/C13H14N2O2/c1-17-11-2-3-12-9(6-11)4-5-15(12)10-7-13(16)14-8-10/h2-6,10H,7-8H2,1H3,(H,14,16). The van der Waals surface area contributed by atoms with Crippen LogP contribution in [0.5, 0.6) is 5.75 Å². The molecule has 3 rings (SSSR count). The van der Waals surface area contributed by atoms with Crippen LogP contribution in [0.3, 0.4) is 0 Å². The van der Waals surface area contributed by atoms with Crippen molar-refractivity contribution in [3.05, 3.63) is 30.5 Å². The minimum absolute atomic E-state index is 0.130. The molecule has 1 aromatic heterocycles. The van der Waals surface area contributed by atoms with Crippen molar-refractivity contribution >= 4 is 16.8 Å². The van der Waals surface area contributed by atoms with E-state index < -0.39 is 0 Å². The molecule has 1 N–H and O–H groups in total. The van der Waals surface area contributed by atoms with Crippen LogP contribution in [-0.2, 0) is 4.79 Å². The van der Waals surface area contributed by atoms with E-state index in [-0.39, 0.29) is 11.9 Å². The summed E-state index contributed by atoms with van der Waals surface area (Å²) in [7, 11) is 1.66. The second-order valence-electron chi connectivity index (χ2n) is 4.31. The number of nitrogens with one attached hydrogen (secondary N) is 1. The largest absolute Gasteiger partial charge is 0.497 e. The molecule has 88 valence electrons. The third-order valence-corrected chi connectivity index (χ3v) is 3.28. The molecule has 0 saturated carbocycles. The molecule has 0 bridgehead atoms. The van der Waals surface area contributed by atoms with Crippen molar-refractivity contribution in [3.63, 3.8) is 0 Å². The fraction of sp³-hybridized carbons (Fsp3) is 0.308. The number of amides is 1. The zero-order valence-corrected chi connectivity index (χ0v) is 9.64. The van der Waals surface area contributed by atoms with E-state index in [4.69, 9.17) is 4.74 Å². The number of ether oxygens (including phenoxy) is 1. The van der Waals surface area contributed by atoms with Gasteiger partial charge in [0.15, 0.2) is 0 Å². The lowest BCUT2D eigenvalue weighted by Gasteiger charge is -2.11. The summed E-state index contributed by atoms with van der Waals surface area (Å²) in [5.74, 6) is 0.987. The highest BCUT2D eigenvalue weighted by Gasteiger charge is 2.23. The molecule has 2 aromatic rings. The van der Waals surface area contributed by atoms with Crippen molar-refractivity contribution in [1.82, 2.24) is 9.88 Å². The van der Waals surface area contributed by atoms with E-state index in [1.165, 1.54) is 0 Å². The Balaban J connectivity index is 2.03. The first kappa shape index (κ1) is 10.2. The molecule has 1 amide bonds. The van der Waals surface area contributed by atoms with Crippen molar-refractivity contribution in [2.45, 2.75) is 12.5 Å². The maximum absolute atomic E-state index is 11.2. The van der Waals surface area contributed by atoms with Crippen molar-refractivity contribution in [2.24, 2.45) is 0 Å². The summed E-state index contributed by atoms with van der Waals surface area (Å²) in [4.78, 5) is 11.2. The molecule has 1 aliphatic rings. The number of rotatable bonds is 2. The highest BCUT2D eigenvalue weighted by Crippen LogP contribution is 2.26. The van der Waals surface area contributed by atoms with Gasteiger partial charge in [-0.05, 0) is 24.3 Å². The van der Waals surface area contributed by atoms with Gasteiger partial charge >= 0.3 is 0 Å². The summed E-state index contributed by atoms with van der Waals surface area (Å²) in [6, 6.07) is 8.28. The molecule has 1 aliphatic heterocycles. The van der Waals surface area contributed by atoms with Gasteiger partial charge in [0.05, 0.1) is 13.2 Å². The van der Waals surface area contributed by atoms with E-state index in [9.17, 15) is 4.79 Å². The van der Waals surface area contributed by atoms with Crippen LogP contribution in [0.15, 0.2) is 30.5 Å². The first-order valence-electron chi connectivity index (χ1n) is 5.69. The molecule has 4 heteroatoms. The number of hydrogen-bond acceptors (Lipinski definition) is 2.